The Morgan fingerprint density at radius 1 is 0.927 bits per heavy atom. The number of phenols is 1. The Morgan fingerprint density at radius 3 is 2.44 bits per heavy atom. The van der Waals surface area contributed by atoms with Gasteiger partial charge in [0, 0.05) is 10.9 Å². The average Bonchev–Trinajstić information content (AvgIpc) is 3.38. The van der Waals surface area contributed by atoms with E-state index in [9.17, 15) is 24.3 Å². The molecule has 0 bridgehead atoms. The van der Waals surface area contributed by atoms with Crippen LogP contribution in [-0.4, -0.2) is 28.7 Å². The third-order valence-corrected chi connectivity index (χ3v) is 9.80. The first kappa shape index (κ1) is 25.7. The summed E-state index contributed by atoms with van der Waals surface area (Å²) in [5.41, 5.74) is 2.06. The van der Waals surface area contributed by atoms with Gasteiger partial charge < -0.3 is 5.11 Å². The largest absolute Gasteiger partial charge is 0.508 e. The normalized spacial score (nSPS) is 30.4. The second-order valence-electron chi connectivity index (χ2n) is 11.5. The summed E-state index contributed by atoms with van der Waals surface area (Å²) in [6.45, 7) is 1.79. The summed E-state index contributed by atoms with van der Waals surface area (Å²) >= 11 is 6.31. The number of fused-ring (bicyclic) bond motifs is 4. The van der Waals surface area contributed by atoms with Crippen molar-refractivity contribution in [3.63, 3.8) is 0 Å². The van der Waals surface area contributed by atoms with Crippen molar-refractivity contribution < 1.29 is 24.3 Å². The van der Waals surface area contributed by atoms with Crippen LogP contribution in [0.5, 0.6) is 5.75 Å². The van der Waals surface area contributed by atoms with Gasteiger partial charge in [-0.05, 0) is 66.6 Å². The van der Waals surface area contributed by atoms with Crippen LogP contribution in [-0.2, 0) is 24.6 Å². The highest BCUT2D eigenvalue weighted by molar-refractivity contribution is 6.32. The number of nitrogens with zero attached hydrogens (tertiary/aromatic N) is 1. The number of nitrogens with one attached hydrogen (secondary N) is 1. The maximum absolute atomic E-state index is 15.0. The molecule has 2 N–H and O–H groups in total. The molecular formula is C33H27ClN2O5. The molecule has 2 aliphatic carbocycles. The molecule has 3 aromatic rings. The average molecular weight is 567 g/mol. The van der Waals surface area contributed by atoms with Crippen molar-refractivity contribution in [2.75, 3.05) is 4.90 Å². The van der Waals surface area contributed by atoms with Gasteiger partial charge in [0.05, 0.1) is 28.9 Å². The zero-order valence-corrected chi connectivity index (χ0v) is 23.0. The van der Waals surface area contributed by atoms with E-state index < -0.39 is 35.0 Å². The summed E-state index contributed by atoms with van der Waals surface area (Å²) in [7, 11) is 0. The summed E-state index contributed by atoms with van der Waals surface area (Å²) < 4.78 is 0. The number of amides is 4. The van der Waals surface area contributed by atoms with Crippen LogP contribution in [0.1, 0.15) is 35.4 Å². The van der Waals surface area contributed by atoms with Crippen molar-refractivity contribution in [3.8, 4) is 5.75 Å². The molecule has 4 aliphatic rings. The van der Waals surface area contributed by atoms with E-state index >= 15 is 0 Å². The number of aromatic hydroxyl groups is 1. The lowest BCUT2D eigenvalue weighted by molar-refractivity contribution is -0.128. The number of anilines is 1. The van der Waals surface area contributed by atoms with Gasteiger partial charge in [-0.3, -0.25) is 24.5 Å². The van der Waals surface area contributed by atoms with Gasteiger partial charge in [-0.2, -0.15) is 0 Å². The Balaban J connectivity index is 1.53. The van der Waals surface area contributed by atoms with Crippen LogP contribution in [0.4, 0.5) is 5.69 Å². The maximum Gasteiger partial charge on any atom is 0.246 e. The predicted octanol–water partition coefficient (Wildman–Crippen LogP) is 4.80. The Bertz CT molecular complexity index is 1680. The van der Waals surface area contributed by atoms with E-state index in [1.165, 1.54) is 4.90 Å². The molecule has 0 spiro atoms. The number of aryl methyl sites for hydroxylation is 1. The molecule has 2 aliphatic heterocycles. The molecule has 0 unspecified atom stereocenters. The minimum atomic E-state index is -1.32. The van der Waals surface area contributed by atoms with E-state index in [-0.39, 0.29) is 35.8 Å². The predicted molar refractivity (Wildman–Crippen MR) is 152 cm³/mol. The lowest BCUT2D eigenvalue weighted by Crippen LogP contribution is -2.53. The van der Waals surface area contributed by atoms with E-state index in [0.717, 1.165) is 11.1 Å². The molecule has 2 saturated heterocycles. The van der Waals surface area contributed by atoms with E-state index in [1.54, 1.807) is 43.3 Å². The van der Waals surface area contributed by atoms with Gasteiger partial charge in [0.2, 0.25) is 23.6 Å². The van der Waals surface area contributed by atoms with Crippen LogP contribution in [0.15, 0.2) is 84.4 Å². The molecule has 7 rings (SSSR count). The molecule has 3 aromatic carbocycles. The van der Waals surface area contributed by atoms with E-state index in [4.69, 9.17) is 11.6 Å². The molecule has 206 valence electrons. The molecule has 3 fully saturated rings. The smallest absolute Gasteiger partial charge is 0.246 e. The summed E-state index contributed by atoms with van der Waals surface area (Å²) in [4.78, 5) is 56.6. The van der Waals surface area contributed by atoms with Crippen molar-refractivity contribution in [2.24, 2.45) is 23.7 Å². The van der Waals surface area contributed by atoms with Crippen LogP contribution < -0.4 is 10.2 Å². The Morgan fingerprint density at radius 2 is 1.71 bits per heavy atom. The van der Waals surface area contributed by atoms with E-state index in [1.807, 2.05) is 42.5 Å². The standard InChI is InChI=1S/C33H27ClN2O5/c1-17-14-18(10-13-26(17)37)28-22-11-12-23-27(30(39)35-29(23)38)24(22)16-25-31(40)36(21-9-5-8-20(34)15-21)32(41)33(25,28)19-6-3-2-4-7-19/h2-11,13-15,23-25,27-28,37H,12,16H2,1H3,(H,35,38,39)/t23-,24+,25-,27-,28-,33+/m0/s1. The summed E-state index contributed by atoms with van der Waals surface area (Å²) in [5, 5.41) is 13.3. The van der Waals surface area contributed by atoms with Gasteiger partial charge in [-0.25, -0.2) is 4.90 Å². The van der Waals surface area contributed by atoms with Gasteiger partial charge in [0.15, 0.2) is 0 Å². The number of halogens is 1. The van der Waals surface area contributed by atoms with Crippen molar-refractivity contribution in [3.05, 3.63) is 106 Å². The highest BCUT2D eigenvalue weighted by Gasteiger charge is 2.69. The second kappa shape index (κ2) is 9.14. The molecule has 1 saturated carbocycles. The quantitative estimate of drug-likeness (QED) is 0.350. The van der Waals surface area contributed by atoms with Gasteiger partial charge in [-0.1, -0.05) is 71.8 Å². The zero-order chi connectivity index (χ0) is 28.6. The molecule has 0 radical (unpaired) electrons. The minimum Gasteiger partial charge on any atom is -0.508 e. The number of allylic oxidation sites excluding steroid dienone is 2. The SMILES string of the molecule is Cc1cc([C@H]2C3=CC[C@@H]4C(=O)NC(=O)[C@@H]4[C@@H]3C[C@H]3C(=O)N(c4cccc(Cl)c4)C(=O)[C@@]23c2ccccc2)ccc1O. The number of rotatable bonds is 3. The zero-order valence-electron chi connectivity index (χ0n) is 22.2. The number of phenolic OH excluding ortho intramolecular Hbond substituents is 1. The number of benzene rings is 3. The Kier molecular flexibility index (Phi) is 5.74. The van der Waals surface area contributed by atoms with Crippen molar-refractivity contribution in [2.45, 2.75) is 31.1 Å². The fourth-order valence-electron chi connectivity index (χ4n) is 7.89. The minimum absolute atomic E-state index is 0.124. The fraction of sp³-hybridized carbons (Fsp3) is 0.273. The highest BCUT2D eigenvalue weighted by Crippen LogP contribution is 2.64. The topological polar surface area (TPSA) is 104 Å². The lowest BCUT2D eigenvalue weighted by atomic mass is 9.49. The van der Waals surface area contributed by atoms with Gasteiger partial charge in [0.25, 0.3) is 0 Å². The van der Waals surface area contributed by atoms with Crippen LogP contribution in [0.3, 0.4) is 0 Å². The number of imide groups is 2. The number of carbonyl (C=O) groups is 4. The van der Waals surface area contributed by atoms with E-state index in [2.05, 4.69) is 5.32 Å². The van der Waals surface area contributed by atoms with Gasteiger partial charge >= 0.3 is 0 Å². The molecule has 8 heteroatoms. The van der Waals surface area contributed by atoms with Crippen LogP contribution in [0.25, 0.3) is 0 Å². The van der Waals surface area contributed by atoms with Gasteiger partial charge in [-0.15, -0.1) is 0 Å². The van der Waals surface area contributed by atoms with Crippen molar-refractivity contribution in [1.82, 2.24) is 5.32 Å². The van der Waals surface area contributed by atoms with Crippen LogP contribution >= 0.6 is 11.6 Å². The number of hydrogen-bond acceptors (Lipinski definition) is 5. The first-order valence-electron chi connectivity index (χ1n) is 13.8. The Labute approximate surface area is 241 Å². The summed E-state index contributed by atoms with van der Waals surface area (Å²) in [6, 6.07) is 21.3. The molecule has 2 heterocycles. The third-order valence-electron chi connectivity index (χ3n) is 9.56. The van der Waals surface area contributed by atoms with E-state index in [0.29, 0.717) is 28.3 Å². The lowest BCUT2D eigenvalue weighted by Gasteiger charge is -2.50. The fourth-order valence-corrected chi connectivity index (χ4v) is 8.07. The third kappa shape index (κ3) is 3.51. The first-order chi connectivity index (χ1) is 19.7. The van der Waals surface area contributed by atoms with Crippen LogP contribution in [0.2, 0.25) is 5.02 Å². The molecule has 4 amide bonds. The Hall–Kier alpha value is -4.23. The highest BCUT2D eigenvalue weighted by atomic mass is 35.5. The molecular weight excluding hydrogens is 540 g/mol. The number of hydrogen-bond donors (Lipinski definition) is 2. The monoisotopic (exact) mass is 566 g/mol. The maximum atomic E-state index is 15.0. The van der Waals surface area contributed by atoms with Crippen molar-refractivity contribution in [1.29, 1.82) is 0 Å². The van der Waals surface area contributed by atoms with Crippen LogP contribution in [0, 0.1) is 30.6 Å². The second-order valence-corrected chi connectivity index (χ2v) is 11.9. The van der Waals surface area contributed by atoms with Crippen molar-refractivity contribution >= 4 is 40.9 Å². The summed E-state index contributed by atoms with van der Waals surface area (Å²) in [6.07, 6.45) is 2.63. The van der Waals surface area contributed by atoms with Gasteiger partial charge in [0.1, 0.15) is 5.75 Å². The molecule has 6 atom stereocenters. The molecule has 41 heavy (non-hydrogen) atoms. The molecule has 7 nitrogen and oxygen atoms in total. The molecule has 0 aromatic heterocycles. The number of carbonyl (C=O) groups excluding carboxylic acids is 4. The summed E-state index contributed by atoms with van der Waals surface area (Å²) in [5.74, 6) is -4.14. The first-order valence-corrected chi connectivity index (χ1v) is 14.1.